The normalized spacial score (nSPS) is 15.0. The first-order valence-electron chi connectivity index (χ1n) is 11.3. The van der Waals surface area contributed by atoms with Crippen LogP contribution in [-0.4, -0.2) is 75.7 Å². The lowest BCUT2D eigenvalue weighted by Crippen LogP contribution is -2.31. The van der Waals surface area contributed by atoms with Gasteiger partial charge >= 0.3 is 5.97 Å². The van der Waals surface area contributed by atoms with Gasteiger partial charge in [0.15, 0.2) is 17.2 Å². The molecule has 4 rings (SSSR count). The second-order valence-corrected chi connectivity index (χ2v) is 8.03. The lowest BCUT2D eigenvalue weighted by atomic mass is 10.1. The van der Waals surface area contributed by atoms with E-state index < -0.39 is 12.0 Å². The number of nitrogens with zero attached hydrogens (tertiary/aromatic N) is 5. The molecule has 1 atom stereocenters. The van der Waals surface area contributed by atoms with Crippen molar-refractivity contribution in [2.45, 2.75) is 31.3 Å². The van der Waals surface area contributed by atoms with Crippen molar-refractivity contribution in [2.75, 3.05) is 38.4 Å². The Balaban J connectivity index is 1.50. The summed E-state index contributed by atoms with van der Waals surface area (Å²) in [5.41, 5.74) is 7.17. The highest BCUT2D eigenvalue weighted by molar-refractivity contribution is 5.78. The van der Waals surface area contributed by atoms with Crippen LogP contribution in [0.15, 0.2) is 30.7 Å². The lowest BCUT2D eigenvalue weighted by molar-refractivity contribution is -0.139. The van der Waals surface area contributed by atoms with E-state index in [1.54, 1.807) is 23.0 Å². The number of carboxylic acid groups (broad SMARTS) is 1. The fraction of sp³-hybridized carbons (Fsp3) is 0.435. The minimum atomic E-state index is -1.05. The van der Waals surface area contributed by atoms with Crippen molar-refractivity contribution < 1.29 is 24.1 Å². The highest BCUT2D eigenvalue weighted by Gasteiger charge is 2.19. The van der Waals surface area contributed by atoms with E-state index >= 15 is 0 Å². The summed E-state index contributed by atoms with van der Waals surface area (Å²) in [6, 6.07) is 6.54. The van der Waals surface area contributed by atoms with Crippen molar-refractivity contribution in [2.24, 2.45) is 5.73 Å². The number of imidazole rings is 1. The van der Waals surface area contributed by atoms with Crippen LogP contribution in [-0.2, 0) is 14.3 Å². The van der Waals surface area contributed by atoms with Crippen LogP contribution in [0.1, 0.15) is 24.8 Å². The molecule has 4 N–H and O–H groups in total. The molecule has 1 saturated heterocycles. The number of nitrogens with two attached hydrogens (primary N) is 1. The summed E-state index contributed by atoms with van der Waals surface area (Å²) in [6.07, 6.45) is 5.05. The van der Waals surface area contributed by atoms with Crippen LogP contribution in [0.4, 0.5) is 5.82 Å². The van der Waals surface area contributed by atoms with Gasteiger partial charge in [0.1, 0.15) is 36.4 Å². The van der Waals surface area contributed by atoms with Crippen molar-refractivity contribution in [1.82, 2.24) is 19.5 Å². The number of aliphatic carboxylic acids is 1. The van der Waals surface area contributed by atoms with Gasteiger partial charge in [-0.25, -0.2) is 15.0 Å². The zero-order valence-electron chi connectivity index (χ0n) is 19.1. The summed E-state index contributed by atoms with van der Waals surface area (Å²) < 4.78 is 18.6. The van der Waals surface area contributed by atoms with Crippen molar-refractivity contribution >= 4 is 23.0 Å². The van der Waals surface area contributed by atoms with E-state index in [1.807, 2.05) is 6.07 Å². The first kappa shape index (κ1) is 24.3. The lowest BCUT2D eigenvalue weighted by Gasteiger charge is -2.24. The SMILES string of the molecule is N#Cc1ccc(-n2cnc3cc(OCCOCCC(N)C(=O)O)c(NC4CCOCC4)nc32)nc1. The van der Waals surface area contributed by atoms with Gasteiger partial charge in [0.05, 0.1) is 12.2 Å². The minimum absolute atomic E-state index is 0.189. The monoisotopic (exact) mass is 481 g/mol. The van der Waals surface area contributed by atoms with Gasteiger partial charge in [-0.1, -0.05) is 0 Å². The van der Waals surface area contributed by atoms with E-state index in [9.17, 15) is 4.79 Å². The molecule has 1 aliphatic heterocycles. The summed E-state index contributed by atoms with van der Waals surface area (Å²) in [4.78, 5) is 24.4. The van der Waals surface area contributed by atoms with Gasteiger partial charge in [-0.15, -0.1) is 0 Å². The maximum Gasteiger partial charge on any atom is 0.320 e. The van der Waals surface area contributed by atoms with E-state index in [2.05, 4.69) is 21.4 Å². The number of pyridine rings is 2. The zero-order chi connectivity index (χ0) is 24.6. The number of rotatable bonds is 11. The third-order valence-electron chi connectivity index (χ3n) is 5.55. The number of nitrogens with one attached hydrogen (secondary N) is 1. The average molecular weight is 482 g/mol. The molecule has 0 spiro atoms. The molecule has 0 saturated carbocycles. The predicted octanol–water partition coefficient (Wildman–Crippen LogP) is 1.48. The summed E-state index contributed by atoms with van der Waals surface area (Å²) in [5, 5.41) is 21.3. The van der Waals surface area contributed by atoms with Gasteiger partial charge in [0, 0.05) is 38.1 Å². The number of carboxylic acids is 1. The number of fused-ring (bicyclic) bond motifs is 1. The summed E-state index contributed by atoms with van der Waals surface area (Å²) in [5.74, 6) is 0.655. The molecule has 1 unspecified atom stereocenters. The number of anilines is 1. The van der Waals surface area contributed by atoms with Crippen LogP contribution >= 0.6 is 0 Å². The van der Waals surface area contributed by atoms with Crippen molar-refractivity contribution in [3.8, 4) is 17.6 Å². The highest BCUT2D eigenvalue weighted by Crippen LogP contribution is 2.29. The molecule has 0 aromatic carbocycles. The third-order valence-corrected chi connectivity index (χ3v) is 5.55. The molecule has 12 nitrogen and oxygen atoms in total. The molecule has 35 heavy (non-hydrogen) atoms. The quantitative estimate of drug-likeness (QED) is 0.339. The van der Waals surface area contributed by atoms with E-state index in [4.69, 9.17) is 35.3 Å². The molecule has 1 aliphatic rings. The molecule has 3 aromatic rings. The Labute approximate surface area is 201 Å². The fourth-order valence-electron chi connectivity index (χ4n) is 3.58. The van der Waals surface area contributed by atoms with Crippen molar-refractivity contribution in [1.29, 1.82) is 5.26 Å². The average Bonchev–Trinajstić information content (AvgIpc) is 3.29. The molecule has 0 amide bonds. The number of carbonyl (C=O) groups is 1. The second-order valence-electron chi connectivity index (χ2n) is 8.03. The maximum atomic E-state index is 10.8. The Bertz CT molecular complexity index is 1190. The standard InChI is InChI=1S/C23H27N7O5/c24-12-15-1-2-20(26-13-15)30-14-27-18-11-19(35-10-9-34-8-5-17(25)23(31)32)21(29-22(18)30)28-16-3-6-33-7-4-16/h1-2,11,13-14,16-17H,3-10,25H2,(H,28,29)(H,31,32). The molecule has 3 aromatic heterocycles. The fourth-order valence-corrected chi connectivity index (χ4v) is 3.58. The van der Waals surface area contributed by atoms with E-state index in [0.717, 1.165) is 12.8 Å². The van der Waals surface area contributed by atoms with Crippen LogP contribution in [0.25, 0.3) is 17.0 Å². The topological polar surface area (TPSA) is 170 Å². The van der Waals surface area contributed by atoms with Gasteiger partial charge in [0.25, 0.3) is 0 Å². The highest BCUT2D eigenvalue weighted by atomic mass is 16.5. The Kier molecular flexibility index (Phi) is 8.04. The van der Waals surface area contributed by atoms with Gasteiger partial charge < -0.3 is 30.4 Å². The van der Waals surface area contributed by atoms with Crippen molar-refractivity contribution in [3.05, 3.63) is 36.3 Å². The molecule has 184 valence electrons. The smallest absolute Gasteiger partial charge is 0.320 e. The third kappa shape index (κ3) is 6.21. The number of nitriles is 1. The Morgan fingerprint density at radius 2 is 2.14 bits per heavy atom. The van der Waals surface area contributed by atoms with Gasteiger partial charge in [-0.3, -0.25) is 9.36 Å². The van der Waals surface area contributed by atoms with Crippen molar-refractivity contribution in [3.63, 3.8) is 0 Å². The Hall–Kier alpha value is -3.79. The Morgan fingerprint density at radius 3 is 2.86 bits per heavy atom. The maximum absolute atomic E-state index is 10.8. The summed E-state index contributed by atoms with van der Waals surface area (Å²) in [7, 11) is 0. The molecule has 0 aliphatic carbocycles. The van der Waals surface area contributed by atoms with Crippen LogP contribution in [0.5, 0.6) is 5.75 Å². The molecule has 0 bridgehead atoms. The van der Waals surface area contributed by atoms with Gasteiger partial charge in [-0.2, -0.15) is 5.26 Å². The number of ether oxygens (including phenoxy) is 3. The molecule has 1 fully saturated rings. The van der Waals surface area contributed by atoms with Crippen LogP contribution < -0.4 is 15.8 Å². The Morgan fingerprint density at radius 1 is 1.31 bits per heavy atom. The number of hydrogen-bond acceptors (Lipinski definition) is 10. The first-order chi connectivity index (χ1) is 17.0. The predicted molar refractivity (Wildman–Crippen MR) is 125 cm³/mol. The molecule has 0 radical (unpaired) electrons. The molecule has 12 heteroatoms. The van der Waals surface area contributed by atoms with Gasteiger partial charge in [-0.05, 0) is 31.4 Å². The summed E-state index contributed by atoms with van der Waals surface area (Å²) in [6.45, 7) is 2.09. The minimum Gasteiger partial charge on any atom is -0.487 e. The van der Waals surface area contributed by atoms with E-state index in [0.29, 0.717) is 47.3 Å². The van der Waals surface area contributed by atoms with Gasteiger partial charge in [0.2, 0.25) is 0 Å². The largest absolute Gasteiger partial charge is 0.487 e. The number of aromatic nitrogens is 4. The van der Waals surface area contributed by atoms with E-state index in [-0.39, 0.29) is 32.3 Å². The molecule has 4 heterocycles. The van der Waals surface area contributed by atoms with Crippen LogP contribution in [0.3, 0.4) is 0 Å². The van der Waals surface area contributed by atoms with Crippen LogP contribution in [0.2, 0.25) is 0 Å². The zero-order valence-corrected chi connectivity index (χ0v) is 19.1. The molecular weight excluding hydrogens is 454 g/mol. The van der Waals surface area contributed by atoms with Crippen LogP contribution in [0, 0.1) is 11.3 Å². The van der Waals surface area contributed by atoms with E-state index in [1.165, 1.54) is 6.20 Å². The number of hydrogen-bond donors (Lipinski definition) is 3. The second kappa shape index (κ2) is 11.6. The first-order valence-corrected chi connectivity index (χ1v) is 11.3. The molecular formula is C23H27N7O5. The summed E-state index contributed by atoms with van der Waals surface area (Å²) >= 11 is 0.